The summed E-state index contributed by atoms with van der Waals surface area (Å²) in [7, 11) is 0. The first kappa shape index (κ1) is 20.6. The van der Waals surface area contributed by atoms with E-state index in [1.54, 1.807) is 6.20 Å². The van der Waals surface area contributed by atoms with Gasteiger partial charge in [0.05, 0.1) is 17.0 Å². The number of hydrogen-bond acceptors (Lipinski definition) is 2. The molecule has 0 atom stereocenters. The van der Waals surface area contributed by atoms with Crippen molar-refractivity contribution in [2.24, 2.45) is 0 Å². The topological polar surface area (TPSA) is 33.1 Å². The van der Waals surface area contributed by atoms with Gasteiger partial charge in [0.2, 0.25) is 0 Å². The Kier molecular flexibility index (Phi) is 7.31. The van der Waals surface area contributed by atoms with E-state index in [4.69, 9.17) is 35.4 Å². The molecule has 1 N–H and O–H groups in total. The third kappa shape index (κ3) is 5.47. The molecule has 4 nitrogen and oxygen atoms in total. The molecular weight excluding hydrogens is 411 g/mol. The number of nitrogens with zero attached hydrogens (tertiary/aromatic N) is 3. The minimum Gasteiger partial charge on any atom is -0.345 e. The van der Waals surface area contributed by atoms with Gasteiger partial charge in [0, 0.05) is 37.1 Å². The van der Waals surface area contributed by atoms with Gasteiger partial charge in [0.1, 0.15) is 0 Å². The lowest BCUT2D eigenvalue weighted by molar-refractivity contribution is 0.396. The SMILES string of the molecule is Cc1cccc(NC(=S)N(CCCn2ccnc2)Cc2ccccc2Cl)c1Cl. The molecule has 1 aromatic heterocycles. The molecule has 0 fully saturated rings. The summed E-state index contributed by atoms with van der Waals surface area (Å²) in [5.41, 5.74) is 2.85. The molecule has 28 heavy (non-hydrogen) atoms. The van der Waals surface area contributed by atoms with Gasteiger partial charge < -0.3 is 14.8 Å². The first-order valence-corrected chi connectivity index (χ1v) is 10.2. The molecule has 0 bridgehead atoms. The summed E-state index contributed by atoms with van der Waals surface area (Å²) in [4.78, 5) is 6.20. The fourth-order valence-electron chi connectivity index (χ4n) is 2.89. The second-order valence-electron chi connectivity index (χ2n) is 6.53. The Bertz CT molecular complexity index is 928. The quantitative estimate of drug-likeness (QED) is 0.479. The van der Waals surface area contributed by atoms with Crippen LogP contribution >= 0.6 is 35.4 Å². The van der Waals surface area contributed by atoms with Crippen molar-refractivity contribution in [2.45, 2.75) is 26.4 Å². The summed E-state index contributed by atoms with van der Waals surface area (Å²) in [6.45, 7) is 4.24. The maximum absolute atomic E-state index is 6.43. The van der Waals surface area contributed by atoms with Crippen LogP contribution in [0, 0.1) is 6.92 Å². The molecular formula is C21H22Cl2N4S. The van der Waals surface area contributed by atoms with Crippen LogP contribution in [0.4, 0.5) is 5.69 Å². The van der Waals surface area contributed by atoms with Crippen LogP contribution in [0.3, 0.4) is 0 Å². The van der Waals surface area contributed by atoms with Crippen LogP contribution in [0.1, 0.15) is 17.5 Å². The largest absolute Gasteiger partial charge is 0.345 e. The fourth-order valence-corrected chi connectivity index (χ4v) is 3.52. The van der Waals surface area contributed by atoms with Crippen LogP contribution in [-0.4, -0.2) is 26.1 Å². The van der Waals surface area contributed by atoms with Crippen LogP contribution in [0.25, 0.3) is 0 Å². The Morgan fingerprint density at radius 2 is 2.00 bits per heavy atom. The van der Waals surface area contributed by atoms with Gasteiger partial charge in [-0.2, -0.15) is 0 Å². The molecule has 3 rings (SSSR count). The monoisotopic (exact) mass is 432 g/mol. The maximum Gasteiger partial charge on any atom is 0.173 e. The highest BCUT2D eigenvalue weighted by molar-refractivity contribution is 7.80. The number of halogens is 2. The van der Waals surface area contributed by atoms with E-state index in [0.29, 0.717) is 16.7 Å². The molecule has 7 heteroatoms. The molecule has 0 radical (unpaired) electrons. The fraction of sp³-hybridized carbons (Fsp3) is 0.238. The van der Waals surface area contributed by atoms with Crippen molar-refractivity contribution in [2.75, 3.05) is 11.9 Å². The molecule has 0 saturated heterocycles. The Hall–Kier alpha value is -2.08. The van der Waals surface area contributed by atoms with Crippen molar-refractivity contribution in [3.05, 3.63) is 82.4 Å². The van der Waals surface area contributed by atoms with E-state index in [0.717, 1.165) is 41.3 Å². The van der Waals surface area contributed by atoms with Gasteiger partial charge in [-0.15, -0.1) is 0 Å². The minimum absolute atomic E-state index is 0.623. The molecule has 0 spiro atoms. The Morgan fingerprint density at radius 3 is 2.75 bits per heavy atom. The van der Waals surface area contributed by atoms with Crippen LogP contribution in [-0.2, 0) is 13.1 Å². The second-order valence-corrected chi connectivity index (χ2v) is 7.71. The Balaban J connectivity index is 1.72. The van der Waals surface area contributed by atoms with Crippen molar-refractivity contribution >= 4 is 46.2 Å². The number of imidazole rings is 1. The van der Waals surface area contributed by atoms with Crippen molar-refractivity contribution < 1.29 is 0 Å². The van der Waals surface area contributed by atoms with E-state index in [-0.39, 0.29) is 0 Å². The first-order valence-electron chi connectivity index (χ1n) is 9.05. The van der Waals surface area contributed by atoms with Gasteiger partial charge in [-0.25, -0.2) is 4.98 Å². The van der Waals surface area contributed by atoms with Crippen LogP contribution in [0.5, 0.6) is 0 Å². The van der Waals surface area contributed by atoms with E-state index in [2.05, 4.69) is 19.8 Å². The summed E-state index contributed by atoms with van der Waals surface area (Å²) < 4.78 is 2.06. The summed E-state index contributed by atoms with van der Waals surface area (Å²) in [5, 5.41) is 5.34. The summed E-state index contributed by atoms with van der Waals surface area (Å²) in [6, 6.07) is 13.7. The highest BCUT2D eigenvalue weighted by Crippen LogP contribution is 2.26. The van der Waals surface area contributed by atoms with Crippen LogP contribution < -0.4 is 5.32 Å². The predicted molar refractivity (Wildman–Crippen MR) is 121 cm³/mol. The highest BCUT2D eigenvalue weighted by Gasteiger charge is 2.14. The molecule has 3 aromatic rings. The van der Waals surface area contributed by atoms with Gasteiger partial charge in [-0.1, -0.05) is 53.5 Å². The van der Waals surface area contributed by atoms with Crippen LogP contribution in [0.15, 0.2) is 61.2 Å². The Labute approximate surface area is 181 Å². The number of benzene rings is 2. The first-order chi connectivity index (χ1) is 13.5. The molecule has 0 aliphatic heterocycles. The Morgan fingerprint density at radius 1 is 1.18 bits per heavy atom. The lowest BCUT2D eigenvalue weighted by atomic mass is 10.2. The molecule has 2 aromatic carbocycles. The molecule has 146 valence electrons. The zero-order valence-electron chi connectivity index (χ0n) is 15.6. The van der Waals surface area contributed by atoms with E-state index in [1.807, 2.05) is 61.9 Å². The van der Waals surface area contributed by atoms with E-state index < -0.39 is 0 Å². The van der Waals surface area contributed by atoms with E-state index in [1.165, 1.54) is 0 Å². The van der Waals surface area contributed by atoms with E-state index >= 15 is 0 Å². The number of aromatic nitrogens is 2. The molecule has 0 aliphatic rings. The van der Waals surface area contributed by atoms with Gasteiger partial charge >= 0.3 is 0 Å². The average Bonchev–Trinajstić information content (AvgIpc) is 3.19. The minimum atomic E-state index is 0.623. The van der Waals surface area contributed by atoms with Crippen molar-refractivity contribution in [1.82, 2.24) is 14.5 Å². The number of thiocarbonyl (C=S) groups is 1. The molecule has 1 heterocycles. The zero-order valence-corrected chi connectivity index (χ0v) is 17.9. The van der Waals surface area contributed by atoms with Crippen molar-refractivity contribution in [3.63, 3.8) is 0 Å². The van der Waals surface area contributed by atoms with Crippen LogP contribution in [0.2, 0.25) is 10.0 Å². The molecule has 0 unspecified atom stereocenters. The lowest BCUT2D eigenvalue weighted by Gasteiger charge is -2.27. The maximum atomic E-state index is 6.43. The number of hydrogen-bond donors (Lipinski definition) is 1. The molecule has 0 aliphatic carbocycles. The van der Waals surface area contributed by atoms with Crippen molar-refractivity contribution in [3.8, 4) is 0 Å². The highest BCUT2D eigenvalue weighted by atomic mass is 35.5. The van der Waals surface area contributed by atoms with Crippen molar-refractivity contribution in [1.29, 1.82) is 0 Å². The normalized spacial score (nSPS) is 10.7. The zero-order chi connectivity index (χ0) is 19.9. The lowest BCUT2D eigenvalue weighted by Crippen LogP contribution is -2.35. The summed E-state index contributed by atoms with van der Waals surface area (Å²) >= 11 is 18.5. The number of nitrogens with one attached hydrogen (secondary N) is 1. The van der Waals surface area contributed by atoms with E-state index in [9.17, 15) is 0 Å². The number of aryl methyl sites for hydroxylation is 2. The van der Waals surface area contributed by atoms with Gasteiger partial charge in [-0.3, -0.25) is 0 Å². The third-order valence-corrected chi connectivity index (χ3v) is 5.67. The second kappa shape index (κ2) is 9.92. The average molecular weight is 433 g/mol. The number of rotatable bonds is 7. The smallest absolute Gasteiger partial charge is 0.173 e. The number of anilines is 1. The third-order valence-electron chi connectivity index (χ3n) is 4.44. The van der Waals surface area contributed by atoms with Gasteiger partial charge in [0.15, 0.2) is 5.11 Å². The predicted octanol–water partition coefficient (Wildman–Crippen LogP) is 5.79. The standard InChI is InChI=1S/C21H22Cl2N4S/c1-16-6-4-9-19(20(16)23)25-21(28)27(12-5-11-26-13-10-24-15-26)14-17-7-2-3-8-18(17)22/h2-4,6-10,13,15H,5,11-12,14H2,1H3,(H,25,28). The molecule has 0 saturated carbocycles. The summed E-state index contributed by atoms with van der Waals surface area (Å²) in [6.07, 6.45) is 6.49. The summed E-state index contributed by atoms with van der Waals surface area (Å²) in [5.74, 6) is 0. The molecule has 0 amide bonds. The van der Waals surface area contributed by atoms with Gasteiger partial charge in [-0.05, 0) is 48.8 Å². The van der Waals surface area contributed by atoms with Gasteiger partial charge in [0.25, 0.3) is 0 Å².